The number of hydrogen-bond donors (Lipinski definition) is 1. The maximum absolute atomic E-state index is 11.7. The Bertz CT molecular complexity index is 472. The highest BCUT2D eigenvalue weighted by atomic mass is 16.2. The lowest BCUT2D eigenvalue weighted by atomic mass is 10.0. The number of amides is 1. The van der Waals surface area contributed by atoms with Gasteiger partial charge in [0, 0.05) is 37.9 Å². The normalized spacial score (nSPS) is 16.2. The van der Waals surface area contributed by atoms with Crippen LogP contribution in [-0.2, 0) is 11.2 Å². The number of rotatable bonds is 4. The molecule has 0 fully saturated rings. The molecule has 1 aromatic carbocycles. The topological polar surface area (TPSA) is 49.6 Å². The number of nitrogens with zero attached hydrogens (tertiary/aromatic N) is 2. The lowest BCUT2D eigenvalue weighted by molar-refractivity contribution is -0.118. The summed E-state index contributed by atoms with van der Waals surface area (Å²) in [6, 6.07) is 6.76. The van der Waals surface area contributed by atoms with E-state index in [0.717, 1.165) is 18.5 Å². The van der Waals surface area contributed by atoms with Crippen molar-refractivity contribution in [2.45, 2.75) is 32.2 Å². The van der Waals surface area contributed by atoms with E-state index >= 15 is 0 Å². The average molecular weight is 261 g/mol. The van der Waals surface area contributed by atoms with Gasteiger partial charge in [-0.15, -0.1) is 0 Å². The Labute approximate surface area is 115 Å². The van der Waals surface area contributed by atoms with Crippen LogP contribution in [0, 0.1) is 0 Å². The van der Waals surface area contributed by atoms with E-state index in [-0.39, 0.29) is 5.91 Å². The standard InChI is InChI=1S/C15H23N3O/c1-11(8-9-16)17(2)13-5-6-14-12(10-13)4-7-15(19)18(14)3/h5-6,10-11H,4,7-9,16H2,1-3H3. The zero-order valence-corrected chi connectivity index (χ0v) is 12.0. The molecule has 4 nitrogen and oxygen atoms in total. The fourth-order valence-electron chi connectivity index (χ4n) is 2.55. The number of hydrogen-bond acceptors (Lipinski definition) is 3. The van der Waals surface area contributed by atoms with Gasteiger partial charge in [-0.05, 0) is 50.1 Å². The maximum atomic E-state index is 11.7. The molecule has 1 amide bonds. The van der Waals surface area contributed by atoms with E-state index in [1.165, 1.54) is 11.3 Å². The zero-order chi connectivity index (χ0) is 14.0. The minimum Gasteiger partial charge on any atom is -0.372 e. The Hall–Kier alpha value is -1.55. The largest absolute Gasteiger partial charge is 0.372 e. The molecule has 104 valence electrons. The van der Waals surface area contributed by atoms with Crippen molar-refractivity contribution in [2.24, 2.45) is 5.73 Å². The quantitative estimate of drug-likeness (QED) is 0.898. The van der Waals surface area contributed by atoms with Gasteiger partial charge in [0.2, 0.25) is 5.91 Å². The number of anilines is 2. The van der Waals surface area contributed by atoms with E-state index in [1.807, 2.05) is 13.1 Å². The van der Waals surface area contributed by atoms with Crippen LogP contribution in [0.2, 0.25) is 0 Å². The second kappa shape index (κ2) is 5.61. The Morgan fingerprint density at radius 3 is 2.84 bits per heavy atom. The van der Waals surface area contributed by atoms with Crippen LogP contribution in [0.1, 0.15) is 25.3 Å². The SMILES string of the molecule is CC(CCN)N(C)c1ccc2c(c1)CCC(=O)N2C. The molecule has 0 bridgehead atoms. The van der Waals surface area contributed by atoms with Gasteiger partial charge >= 0.3 is 0 Å². The number of nitrogens with two attached hydrogens (primary N) is 1. The van der Waals surface area contributed by atoms with Crippen LogP contribution in [-0.4, -0.2) is 32.6 Å². The minimum absolute atomic E-state index is 0.199. The first-order valence-electron chi connectivity index (χ1n) is 6.87. The number of carbonyl (C=O) groups excluding carboxylic acids is 1. The molecule has 1 heterocycles. The number of benzene rings is 1. The smallest absolute Gasteiger partial charge is 0.227 e. The van der Waals surface area contributed by atoms with Crippen molar-refractivity contribution in [1.29, 1.82) is 0 Å². The number of aryl methyl sites for hydroxylation is 1. The summed E-state index contributed by atoms with van der Waals surface area (Å²) in [7, 11) is 3.94. The predicted octanol–water partition coefficient (Wildman–Crippen LogP) is 1.77. The fraction of sp³-hybridized carbons (Fsp3) is 0.533. The van der Waals surface area contributed by atoms with Gasteiger partial charge in [-0.1, -0.05) is 0 Å². The molecule has 0 aliphatic carbocycles. The van der Waals surface area contributed by atoms with E-state index in [9.17, 15) is 4.79 Å². The summed E-state index contributed by atoms with van der Waals surface area (Å²) in [5.41, 5.74) is 9.11. The van der Waals surface area contributed by atoms with E-state index < -0.39 is 0 Å². The van der Waals surface area contributed by atoms with Crippen molar-refractivity contribution < 1.29 is 4.79 Å². The summed E-state index contributed by atoms with van der Waals surface area (Å²) >= 11 is 0. The van der Waals surface area contributed by atoms with E-state index in [2.05, 4.69) is 31.0 Å². The molecule has 4 heteroatoms. The second-order valence-corrected chi connectivity index (χ2v) is 5.30. The third-order valence-corrected chi connectivity index (χ3v) is 4.06. The summed E-state index contributed by atoms with van der Waals surface area (Å²) in [6.45, 7) is 2.88. The number of fused-ring (bicyclic) bond motifs is 1. The summed E-state index contributed by atoms with van der Waals surface area (Å²) < 4.78 is 0. The van der Waals surface area contributed by atoms with Crippen LogP contribution in [0.3, 0.4) is 0 Å². The molecule has 1 aromatic rings. The van der Waals surface area contributed by atoms with Crippen LogP contribution < -0.4 is 15.5 Å². The molecule has 2 N–H and O–H groups in total. The highest BCUT2D eigenvalue weighted by molar-refractivity contribution is 5.96. The minimum atomic E-state index is 0.199. The van der Waals surface area contributed by atoms with E-state index in [0.29, 0.717) is 19.0 Å². The zero-order valence-electron chi connectivity index (χ0n) is 12.0. The van der Waals surface area contributed by atoms with Crippen molar-refractivity contribution in [2.75, 3.05) is 30.4 Å². The van der Waals surface area contributed by atoms with Gasteiger partial charge in [-0.2, -0.15) is 0 Å². The van der Waals surface area contributed by atoms with Gasteiger partial charge in [0.1, 0.15) is 0 Å². The predicted molar refractivity (Wildman–Crippen MR) is 79.7 cm³/mol. The van der Waals surface area contributed by atoms with Crippen molar-refractivity contribution in [3.8, 4) is 0 Å². The Balaban J connectivity index is 2.24. The van der Waals surface area contributed by atoms with Crippen LogP contribution in [0.25, 0.3) is 0 Å². The molecule has 1 atom stereocenters. The van der Waals surface area contributed by atoms with Crippen molar-refractivity contribution in [3.05, 3.63) is 23.8 Å². The lowest BCUT2D eigenvalue weighted by Gasteiger charge is -2.30. The fourth-order valence-corrected chi connectivity index (χ4v) is 2.55. The molecule has 0 saturated carbocycles. The summed E-state index contributed by atoms with van der Waals surface area (Å²) in [4.78, 5) is 15.7. The first-order valence-corrected chi connectivity index (χ1v) is 6.87. The molecule has 0 spiro atoms. The first kappa shape index (κ1) is 13.9. The van der Waals surface area contributed by atoms with E-state index in [1.54, 1.807) is 4.90 Å². The molecule has 2 rings (SSSR count). The summed E-state index contributed by atoms with van der Waals surface area (Å²) in [5, 5.41) is 0. The first-order chi connectivity index (χ1) is 9.04. The van der Waals surface area contributed by atoms with Crippen molar-refractivity contribution in [3.63, 3.8) is 0 Å². The lowest BCUT2D eigenvalue weighted by Crippen LogP contribution is -2.33. The summed E-state index contributed by atoms with van der Waals surface area (Å²) in [6.07, 6.45) is 2.42. The number of carbonyl (C=O) groups is 1. The van der Waals surface area contributed by atoms with Gasteiger partial charge in [0.15, 0.2) is 0 Å². The van der Waals surface area contributed by atoms with Gasteiger partial charge in [0.25, 0.3) is 0 Å². The molecular weight excluding hydrogens is 238 g/mol. The molecule has 1 aliphatic rings. The Morgan fingerprint density at radius 2 is 2.16 bits per heavy atom. The molecule has 19 heavy (non-hydrogen) atoms. The Morgan fingerprint density at radius 1 is 1.42 bits per heavy atom. The molecule has 0 saturated heterocycles. The summed E-state index contributed by atoms with van der Waals surface area (Å²) in [5.74, 6) is 0.199. The highest BCUT2D eigenvalue weighted by Crippen LogP contribution is 2.30. The van der Waals surface area contributed by atoms with E-state index in [4.69, 9.17) is 5.73 Å². The van der Waals surface area contributed by atoms with Crippen LogP contribution in [0.15, 0.2) is 18.2 Å². The third kappa shape index (κ3) is 2.73. The monoisotopic (exact) mass is 261 g/mol. The van der Waals surface area contributed by atoms with Crippen LogP contribution >= 0.6 is 0 Å². The van der Waals surface area contributed by atoms with Gasteiger partial charge in [-0.3, -0.25) is 4.79 Å². The van der Waals surface area contributed by atoms with Gasteiger partial charge in [0.05, 0.1) is 0 Å². The molecule has 0 aromatic heterocycles. The Kier molecular flexibility index (Phi) is 4.10. The van der Waals surface area contributed by atoms with Gasteiger partial charge < -0.3 is 15.5 Å². The maximum Gasteiger partial charge on any atom is 0.227 e. The molecule has 1 unspecified atom stereocenters. The molecule has 1 aliphatic heterocycles. The second-order valence-electron chi connectivity index (χ2n) is 5.30. The molecular formula is C15H23N3O. The van der Waals surface area contributed by atoms with Crippen LogP contribution in [0.4, 0.5) is 11.4 Å². The van der Waals surface area contributed by atoms with Crippen molar-refractivity contribution in [1.82, 2.24) is 0 Å². The van der Waals surface area contributed by atoms with Crippen LogP contribution in [0.5, 0.6) is 0 Å². The highest BCUT2D eigenvalue weighted by Gasteiger charge is 2.21. The van der Waals surface area contributed by atoms with Gasteiger partial charge in [-0.25, -0.2) is 0 Å². The molecule has 0 radical (unpaired) electrons. The average Bonchev–Trinajstić information content (AvgIpc) is 2.42. The third-order valence-electron chi connectivity index (χ3n) is 4.06. The van der Waals surface area contributed by atoms with Crippen molar-refractivity contribution >= 4 is 17.3 Å².